The van der Waals surface area contributed by atoms with Gasteiger partial charge in [0, 0.05) is 25.2 Å². The number of carboxylic acids is 1. The number of methoxy groups -OCH3 is 1. The third kappa shape index (κ3) is 5.07. The first-order valence-corrected chi connectivity index (χ1v) is 6.37. The van der Waals surface area contributed by atoms with E-state index in [1.165, 1.54) is 7.11 Å². The monoisotopic (exact) mass is 282 g/mol. The van der Waals surface area contributed by atoms with Crippen LogP contribution in [0.4, 0.5) is 0 Å². The van der Waals surface area contributed by atoms with Gasteiger partial charge < -0.3 is 19.8 Å². The highest BCUT2D eigenvalue weighted by Gasteiger charge is 2.14. The number of phenolic OH excluding ortho intramolecular Hbond substituents is 1. The Hall–Kier alpha value is -1.79. The molecule has 0 aromatic heterocycles. The van der Waals surface area contributed by atoms with E-state index in [1.54, 1.807) is 23.1 Å². The molecule has 0 aliphatic rings. The summed E-state index contributed by atoms with van der Waals surface area (Å²) in [5, 5.41) is 19.0. The van der Waals surface area contributed by atoms with Crippen LogP contribution in [-0.2, 0) is 11.3 Å². The Balaban J connectivity index is 2.80. The number of nitrogens with zero attached hydrogens (tertiary/aromatic N) is 2. The smallest absolute Gasteiger partial charge is 0.317 e. The van der Waals surface area contributed by atoms with Gasteiger partial charge in [-0.1, -0.05) is 12.1 Å². The minimum Gasteiger partial charge on any atom is -0.504 e. The average molecular weight is 282 g/mol. The molecule has 0 atom stereocenters. The fraction of sp³-hybridized carbons (Fsp3) is 0.500. The summed E-state index contributed by atoms with van der Waals surface area (Å²) >= 11 is 0. The average Bonchev–Trinajstić information content (AvgIpc) is 2.37. The van der Waals surface area contributed by atoms with E-state index in [2.05, 4.69) is 0 Å². The van der Waals surface area contributed by atoms with Crippen molar-refractivity contribution < 1.29 is 19.7 Å². The Morgan fingerprint density at radius 3 is 2.55 bits per heavy atom. The summed E-state index contributed by atoms with van der Waals surface area (Å²) in [4.78, 5) is 14.7. The first kappa shape index (κ1) is 16.3. The van der Waals surface area contributed by atoms with Crippen molar-refractivity contribution in [3.05, 3.63) is 23.8 Å². The lowest BCUT2D eigenvalue weighted by Gasteiger charge is -2.23. The maximum absolute atomic E-state index is 10.9. The van der Waals surface area contributed by atoms with Crippen LogP contribution >= 0.6 is 0 Å². The normalized spacial score (nSPS) is 11.1. The van der Waals surface area contributed by atoms with Gasteiger partial charge >= 0.3 is 5.97 Å². The third-order valence-electron chi connectivity index (χ3n) is 2.92. The standard InChI is InChI=1S/C14H22N2O4/c1-15(2)7-8-16(10-13(17)18)9-11-5-4-6-12(20-3)14(11)19/h4-6,19H,7-10H2,1-3H3,(H,17,18). The number of hydrogen-bond acceptors (Lipinski definition) is 5. The summed E-state index contributed by atoms with van der Waals surface area (Å²) in [7, 11) is 5.35. The molecule has 1 rings (SSSR count). The van der Waals surface area contributed by atoms with Gasteiger partial charge in [0.1, 0.15) is 0 Å². The van der Waals surface area contributed by atoms with Gasteiger partial charge in [0.15, 0.2) is 11.5 Å². The Bertz CT molecular complexity index is 449. The van der Waals surface area contributed by atoms with Crippen molar-refractivity contribution in [2.75, 3.05) is 40.8 Å². The number of rotatable bonds is 8. The van der Waals surface area contributed by atoms with Gasteiger partial charge in [-0.25, -0.2) is 0 Å². The summed E-state index contributed by atoms with van der Waals surface area (Å²) in [6.07, 6.45) is 0. The number of aliphatic carboxylic acids is 1. The molecular weight excluding hydrogens is 260 g/mol. The van der Waals surface area contributed by atoms with Gasteiger partial charge in [-0.05, 0) is 20.2 Å². The summed E-state index contributed by atoms with van der Waals surface area (Å²) in [5.74, 6) is -0.424. The number of aromatic hydroxyl groups is 1. The van der Waals surface area contributed by atoms with Crippen LogP contribution in [0.25, 0.3) is 0 Å². The fourth-order valence-electron chi connectivity index (χ4n) is 1.85. The molecule has 0 heterocycles. The summed E-state index contributed by atoms with van der Waals surface area (Å²) < 4.78 is 5.05. The number of benzene rings is 1. The predicted molar refractivity (Wildman–Crippen MR) is 76.1 cm³/mol. The van der Waals surface area contributed by atoms with Crippen molar-refractivity contribution >= 4 is 5.97 Å². The van der Waals surface area contributed by atoms with Crippen LogP contribution in [-0.4, -0.2) is 66.8 Å². The van der Waals surface area contributed by atoms with Crippen molar-refractivity contribution in [2.45, 2.75) is 6.54 Å². The van der Waals surface area contributed by atoms with Crippen LogP contribution in [0.1, 0.15) is 5.56 Å². The van der Waals surface area contributed by atoms with Crippen molar-refractivity contribution in [1.82, 2.24) is 9.80 Å². The molecule has 0 aliphatic carbocycles. The molecule has 1 aromatic carbocycles. The number of para-hydroxylation sites is 1. The number of hydrogen-bond donors (Lipinski definition) is 2. The number of carbonyl (C=O) groups is 1. The largest absolute Gasteiger partial charge is 0.504 e. The third-order valence-corrected chi connectivity index (χ3v) is 2.92. The lowest BCUT2D eigenvalue weighted by atomic mass is 10.1. The second-order valence-corrected chi connectivity index (χ2v) is 4.88. The molecule has 0 saturated heterocycles. The van der Waals surface area contributed by atoms with Crippen LogP contribution in [0.5, 0.6) is 11.5 Å². The van der Waals surface area contributed by atoms with Gasteiger partial charge in [-0.15, -0.1) is 0 Å². The molecule has 20 heavy (non-hydrogen) atoms. The molecular formula is C14H22N2O4. The molecule has 112 valence electrons. The quantitative estimate of drug-likeness (QED) is 0.736. The van der Waals surface area contributed by atoms with E-state index in [9.17, 15) is 9.90 Å². The molecule has 0 bridgehead atoms. The van der Waals surface area contributed by atoms with Crippen LogP contribution in [0, 0.1) is 0 Å². The topological polar surface area (TPSA) is 73.2 Å². The summed E-state index contributed by atoms with van der Waals surface area (Å²) in [5.41, 5.74) is 0.657. The molecule has 0 fully saturated rings. The fourth-order valence-corrected chi connectivity index (χ4v) is 1.85. The number of carboxylic acid groups (broad SMARTS) is 1. The van der Waals surface area contributed by atoms with Crippen LogP contribution < -0.4 is 4.74 Å². The van der Waals surface area contributed by atoms with Gasteiger partial charge in [0.2, 0.25) is 0 Å². The van der Waals surface area contributed by atoms with Crippen molar-refractivity contribution in [1.29, 1.82) is 0 Å². The van der Waals surface area contributed by atoms with E-state index in [0.717, 1.165) is 6.54 Å². The van der Waals surface area contributed by atoms with Crippen molar-refractivity contribution in [2.24, 2.45) is 0 Å². The van der Waals surface area contributed by atoms with Gasteiger partial charge in [-0.3, -0.25) is 9.69 Å². The summed E-state index contributed by atoms with van der Waals surface area (Å²) in [6, 6.07) is 5.21. The maximum Gasteiger partial charge on any atom is 0.317 e. The highest BCUT2D eigenvalue weighted by Crippen LogP contribution is 2.30. The number of likely N-dealkylation sites (N-methyl/N-ethyl adjacent to an activating group) is 1. The molecule has 0 unspecified atom stereocenters. The van der Waals surface area contributed by atoms with E-state index >= 15 is 0 Å². The minimum absolute atomic E-state index is 0.0650. The predicted octanol–water partition coefficient (Wildman–Crippen LogP) is 0.849. The van der Waals surface area contributed by atoms with Crippen LogP contribution in [0.2, 0.25) is 0 Å². The highest BCUT2D eigenvalue weighted by atomic mass is 16.5. The lowest BCUT2D eigenvalue weighted by molar-refractivity contribution is -0.138. The second kappa shape index (κ2) is 7.72. The first-order chi connectivity index (χ1) is 9.43. The zero-order chi connectivity index (χ0) is 15.1. The Kier molecular flexibility index (Phi) is 6.27. The Labute approximate surface area is 119 Å². The van der Waals surface area contributed by atoms with Crippen LogP contribution in [0.15, 0.2) is 18.2 Å². The number of phenols is 1. The lowest BCUT2D eigenvalue weighted by Crippen LogP contribution is -2.35. The zero-order valence-corrected chi connectivity index (χ0v) is 12.2. The van der Waals surface area contributed by atoms with Crippen LogP contribution in [0.3, 0.4) is 0 Å². The van der Waals surface area contributed by atoms with E-state index in [1.807, 2.05) is 19.0 Å². The molecule has 2 N–H and O–H groups in total. The molecule has 6 nitrogen and oxygen atoms in total. The zero-order valence-electron chi connectivity index (χ0n) is 12.2. The van der Waals surface area contributed by atoms with Gasteiger partial charge in [0.05, 0.1) is 13.7 Å². The van der Waals surface area contributed by atoms with Crippen molar-refractivity contribution in [3.8, 4) is 11.5 Å². The molecule has 0 radical (unpaired) electrons. The number of ether oxygens (including phenoxy) is 1. The molecule has 1 aromatic rings. The van der Waals surface area contributed by atoms with E-state index in [-0.39, 0.29) is 12.3 Å². The molecule has 0 aliphatic heterocycles. The minimum atomic E-state index is -0.883. The SMILES string of the molecule is COc1cccc(CN(CCN(C)C)CC(=O)O)c1O. The maximum atomic E-state index is 10.9. The highest BCUT2D eigenvalue weighted by molar-refractivity contribution is 5.69. The molecule has 0 spiro atoms. The molecule has 6 heteroatoms. The summed E-state index contributed by atoms with van der Waals surface area (Å²) in [6.45, 7) is 1.65. The van der Waals surface area contributed by atoms with Crippen molar-refractivity contribution in [3.63, 3.8) is 0 Å². The van der Waals surface area contributed by atoms with E-state index < -0.39 is 5.97 Å². The van der Waals surface area contributed by atoms with Gasteiger partial charge in [-0.2, -0.15) is 0 Å². The first-order valence-electron chi connectivity index (χ1n) is 6.37. The Morgan fingerprint density at radius 2 is 2.00 bits per heavy atom. The second-order valence-electron chi connectivity index (χ2n) is 4.88. The molecule has 0 saturated carbocycles. The van der Waals surface area contributed by atoms with E-state index in [0.29, 0.717) is 24.4 Å². The van der Waals surface area contributed by atoms with E-state index in [4.69, 9.17) is 9.84 Å². The molecule has 0 amide bonds. The Morgan fingerprint density at radius 1 is 1.30 bits per heavy atom. The van der Waals surface area contributed by atoms with Gasteiger partial charge in [0.25, 0.3) is 0 Å².